The molecule has 7 atom stereocenters. The highest BCUT2D eigenvalue weighted by Gasteiger charge is 2.40. The smallest absolute Gasteiger partial charge is 0.246 e. The van der Waals surface area contributed by atoms with Gasteiger partial charge in [0.2, 0.25) is 47.3 Å². The third kappa shape index (κ3) is 17.4. The normalized spacial score (nSPS) is 21.9. The number of aromatic nitrogens is 1. The summed E-state index contributed by atoms with van der Waals surface area (Å²) < 4.78 is 0. The summed E-state index contributed by atoms with van der Waals surface area (Å²) in [6.45, 7) is 3.50. The Morgan fingerprint density at radius 1 is 0.756 bits per heavy atom. The van der Waals surface area contributed by atoms with E-state index in [9.17, 15) is 33.6 Å². The van der Waals surface area contributed by atoms with Gasteiger partial charge in [-0.25, -0.2) is 0 Å². The van der Waals surface area contributed by atoms with Gasteiger partial charge in [0.1, 0.15) is 48.1 Å². The van der Waals surface area contributed by atoms with E-state index in [0.29, 0.717) is 36.9 Å². The Kier molecular flexibility index (Phi) is 22.3. The number of nitrogens with one attached hydrogen (secondary N) is 8. The zero-order chi connectivity index (χ0) is 56.1. The lowest BCUT2D eigenvalue weighted by atomic mass is 9.91. The fourth-order valence-electron chi connectivity index (χ4n) is 9.79. The number of H-pyrrole nitrogens is 1. The van der Waals surface area contributed by atoms with Gasteiger partial charge in [-0.1, -0.05) is 92.6 Å². The third-order valence-corrected chi connectivity index (χ3v) is 14.0. The number of Topliss-reactive ketones (excluding diaryl/α,β-unsaturated/α-hetero) is 1. The van der Waals surface area contributed by atoms with Crippen LogP contribution in [0.3, 0.4) is 0 Å². The minimum absolute atomic E-state index is 0.0221. The predicted octanol–water partition coefficient (Wildman–Crippen LogP) is 0.687. The van der Waals surface area contributed by atoms with E-state index in [1.165, 1.54) is 11.8 Å². The number of benzene rings is 3. The molecule has 418 valence electrons. The first-order valence-corrected chi connectivity index (χ1v) is 26.8. The molecule has 0 saturated carbocycles. The molecule has 78 heavy (non-hydrogen) atoms. The zero-order valence-corrected chi connectivity index (χ0v) is 44.4. The number of nitrogens with two attached hydrogens (primary N) is 3. The lowest BCUT2D eigenvalue weighted by molar-refractivity contribution is -0.146. The standard InChI is InChI=1S/C56H75N13O9/c1-3-4-20-43(63-34(2)70)50(73)66-45-25-24-39(71)32-60-26-13-12-22-42(49(57)72)64-53(76)47(29-38-31-62-41-21-11-10-19-40(38)41)67-51(74)44(23-14-27-61-56(58)59)65-52(75)46(28-35-15-6-5-7-16-35)68-54(77)48-30-36-17-8-9-18-37(36)33-69(48)55(45)78/h5-11,15-19,21,31,42-48,60,62H,3-4,12-14,20,22-30,32-33H2,1-2H3,(H2,57,72)(H,63,70)(H,64,76)(H,65,75)(H,66,73)(H,67,74)(H,68,77)(H4,58,59,61)/t42-,43-,44-,45-,46+,47-,48-/m0/s1. The lowest BCUT2D eigenvalue weighted by Gasteiger charge is -2.39. The number of unbranched alkanes of at least 4 members (excludes halogenated alkanes) is 1. The van der Waals surface area contributed by atoms with Gasteiger partial charge < -0.3 is 64.3 Å². The number of aromatic amines is 1. The maximum Gasteiger partial charge on any atom is 0.246 e. The van der Waals surface area contributed by atoms with Crippen molar-refractivity contribution < 1.29 is 43.2 Å². The molecule has 0 aliphatic carbocycles. The Morgan fingerprint density at radius 2 is 1.42 bits per heavy atom. The molecule has 0 radical (unpaired) electrons. The Hall–Kier alpha value is -8.14. The SMILES string of the molecule is CCCC[C@H](NC(C)=O)C(=O)N[C@H]1CCC(=O)CNCCCC[C@@H](C(N)=O)NC(=O)[C@H](Cc2c[nH]c3ccccc23)NC(=O)[C@H](CCCN=C(N)N)NC(=O)[C@@H](Cc2ccccc2)NC(=O)[C@@H]2Cc3ccccc3CN2C1=O. The molecule has 2 aliphatic rings. The molecule has 22 heteroatoms. The van der Waals surface area contributed by atoms with Crippen molar-refractivity contribution in [1.29, 1.82) is 0 Å². The van der Waals surface area contributed by atoms with Crippen molar-refractivity contribution in [3.8, 4) is 0 Å². The van der Waals surface area contributed by atoms with E-state index >= 15 is 9.59 Å². The molecule has 1 saturated heterocycles. The van der Waals surface area contributed by atoms with E-state index in [-0.39, 0.29) is 89.2 Å². The van der Waals surface area contributed by atoms with E-state index in [4.69, 9.17) is 17.2 Å². The molecule has 0 bridgehead atoms. The second-order valence-electron chi connectivity index (χ2n) is 20.0. The molecular weight excluding hydrogens is 999 g/mol. The van der Waals surface area contributed by atoms with E-state index in [1.807, 2.05) is 49.4 Å². The van der Waals surface area contributed by atoms with Crippen LogP contribution in [0.1, 0.15) is 100 Å². The highest BCUT2D eigenvalue weighted by atomic mass is 16.2. The van der Waals surface area contributed by atoms with Gasteiger partial charge in [-0.3, -0.25) is 48.1 Å². The maximum absolute atomic E-state index is 15.1. The molecule has 2 aliphatic heterocycles. The second-order valence-corrected chi connectivity index (χ2v) is 20.0. The Morgan fingerprint density at radius 3 is 2.15 bits per heavy atom. The molecule has 8 amide bonds. The number of nitrogens with zero attached hydrogens (tertiary/aromatic N) is 2. The molecule has 0 unspecified atom stereocenters. The summed E-state index contributed by atoms with van der Waals surface area (Å²) in [5.41, 5.74) is 20.7. The summed E-state index contributed by atoms with van der Waals surface area (Å²) in [6, 6.07) is 14.9. The molecule has 0 spiro atoms. The summed E-state index contributed by atoms with van der Waals surface area (Å²) in [7, 11) is 0. The largest absolute Gasteiger partial charge is 0.370 e. The van der Waals surface area contributed by atoms with Crippen LogP contribution in [0.4, 0.5) is 0 Å². The number of primary amides is 1. The highest BCUT2D eigenvalue weighted by Crippen LogP contribution is 2.26. The van der Waals surface area contributed by atoms with Gasteiger partial charge in [0.05, 0.1) is 6.54 Å². The first-order valence-electron chi connectivity index (χ1n) is 26.8. The van der Waals surface area contributed by atoms with Crippen LogP contribution in [0.15, 0.2) is 90.1 Å². The Balaban J connectivity index is 1.39. The van der Waals surface area contributed by atoms with Crippen molar-refractivity contribution in [3.05, 3.63) is 107 Å². The summed E-state index contributed by atoms with van der Waals surface area (Å²) in [5.74, 6) is -5.94. The summed E-state index contributed by atoms with van der Waals surface area (Å²) in [6.07, 6.45) is 4.11. The number of guanidine groups is 1. The Bertz CT molecular complexity index is 2780. The lowest BCUT2D eigenvalue weighted by Crippen LogP contribution is -2.62. The third-order valence-electron chi connectivity index (χ3n) is 14.0. The average Bonchev–Trinajstić information content (AvgIpc) is 3.87. The molecule has 1 aromatic heterocycles. The summed E-state index contributed by atoms with van der Waals surface area (Å²) in [5, 5.41) is 20.7. The average molecular weight is 1070 g/mol. The van der Waals surface area contributed by atoms with Crippen LogP contribution in [0, 0.1) is 0 Å². The molecule has 1 fully saturated rings. The Labute approximate surface area is 454 Å². The number of carbonyl (C=O) groups excluding carboxylic acids is 9. The maximum atomic E-state index is 15.1. The fourth-order valence-corrected chi connectivity index (χ4v) is 9.79. The van der Waals surface area contributed by atoms with Crippen LogP contribution in [0.5, 0.6) is 0 Å². The van der Waals surface area contributed by atoms with Crippen LogP contribution >= 0.6 is 0 Å². The number of amides is 8. The predicted molar refractivity (Wildman–Crippen MR) is 293 cm³/mol. The van der Waals surface area contributed by atoms with Gasteiger partial charge in [-0.15, -0.1) is 0 Å². The second kappa shape index (κ2) is 29.4. The first-order chi connectivity index (χ1) is 37.5. The molecule has 6 rings (SSSR count). The van der Waals surface area contributed by atoms with Gasteiger partial charge in [0, 0.05) is 62.8 Å². The fraction of sp³-hybridized carbons (Fsp3) is 0.464. The monoisotopic (exact) mass is 1070 g/mol. The summed E-state index contributed by atoms with van der Waals surface area (Å²) in [4.78, 5) is 136. The molecule has 22 nitrogen and oxygen atoms in total. The van der Waals surface area contributed by atoms with Crippen molar-refractivity contribution >= 4 is 69.9 Å². The van der Waals surface area contributed by atoms with Crippen LogP contribution in [-0.2, 0) is 69.0 Å². The minimum Gasteiger partial charge on any atom is -0.370 e. The van der Waals surface area contributed by atoms with E-state index in [1.54, 1.807) is 42.6 Å². The van der Waals surface area contributed by atoms with E-state index < -0.39 is 89.6 Å². The first kappa shape index (κ1) is 59.1. The van der Waals surface area contributed by atoms with Crippen LogP contribution < -0.4 is 54.4 Å². The van der Waals surface area contributed by atoms with E-state index in [0.717, 1.165) is 28.5 Å². The summed E-state index contributed by atoms with van der Waals surface area (Å²) >= 11 is 0. The number of aliphatic imine (C=N–C) groups is 1. The van der Waals surface area contributed by atoms with Crippen molar-refractivity contribution in [3.63, 3.8) is 0 Å². The van der Waals surface area contributed by atoms with Crippen molar-refractivity contribution in [1.82, 2.24) is 47.1 Å². The van der Waals surface area contributed by atoms with Crippen LogP contribution in [0.25, 0.3) is 10.9 Å². The molecule has 14 N–H and O–H groups in total. The van der Waals surface area contributed by atoms with Crippen LogP contribution in [-0.4, -0.2) is 131 Å². The number of carbonyl (C=O) groups is 9. The molecule has 3 heterocycles. The highest BCUT2D eigenvalue weighted by molar-refractivity contribution is 5.98. The van der Waals surface area contributed by atoms with Gasteiger partial charge >= 0.3 is 0 Å². The molecular formula is C56H75N13O9. The number of ketones is 1. The number of para-hydroxylation sites is 1. The van der Waals surface area contributed by atoms with Gasteiger partial charge in [0.15, 0.2) is 5.96 Å². The molecule has 4 aromatic rings. The van der Waals surface area contributed by atoms with Gasteiger partial charge in [0.25, 0.3) is 0 Å². The van der Waals surface area contributed by atoms with E-state index in [2.05, 4.69) is 47.2 Å². The van der Waals surface area contributed by atoms with Crippen molar-refractivity contribution in [2.45, 2.75) is 146 Å². The topological polar surface area (TPSA) is 347 Å². The van der Waals surface area contributed by atoms with Gasteiger partial charge in [-0.2, -0.15) is 0 Å². The molecule has 3 aromatic carbocycles. The number of fused-ring (bicyclic) bond motifs is 3. The number of rotatable bonds is 15. The van der Waals surface area contributed by atoms with Crippen molar-refractivity contribution in [2.75, 3.05) is 19.6 Å². The quantitative estimate of drug-likeness (QED) is 0.0445. The zero-order valence-electron chi connectivity index (χ0n) is 44.4. The number of hydrogen-bond donors (Lipinski definition) is 11. The van der Waals surface area contributed by atoms with Crippen molar-refractivity contribution in [2.24, 2.45) is 22.2 Å². The minimum atomic E-state index is -1.35. The number of hydrogen-bond acceptors (Lipinski definition) is 11. The van der Waals surface area contributed by atoms with Crippen LogP contribution in [0.2, 0.25) is 0 Å². The van der Waals surface area contributed by atoms with Gasteiger partial charge in [-0.05, 0) is 79.8 Å².